The van der Waals surface area contributed by atoms with Crippen LogP contribution in [0.4, 0.5) is 13.2 Å². The molecule has 0 unspecified atom stereocenters. The monoisotopic (exact) mass is 280 g/mol. The first-order chi connectivity index (χ1) is 8.45. The molecule has 18 heavy (non-hydrogen) atoms. The van der Waals surface area contributed by atoms with Crippen LogP contribution in [0, 0.1) is 5.41 Å². The molecule has 0 amide bonds. The van der Waals surface area contributed by atoms with Crippen LogP contribution in [0.2, 0.25) is 0 Å². The fourth-order valence-electron chi connectivity index (χ4n) is 2.11. The molecule has 7 heteroatoms. The molecule has 1 aromatic heterocycles. The molecule has 1 fully saturated rings. The molecule has 0 saturated carbocycles. The predicted molar refractivity (Wildman–Crippen MR) is 63.6 cm³/mol. The Morgan fingerprint density at radius 2 is 2.06 bits per heavy atom. The number of rotatable bonds is 3. The van der Waals surface area contributed by atoms with Gasteiger partial charge in [0.05, 0.1) is 11.8 Å². The van der Waals surface area contributed by atoms with Gasteiger partial charge in [0.25, 0.3) is 0 Å². The molecular formula is C11H15F3N2OS. The van der Waals surface area contributed by atoms with Crippen LogP contribution in [0.3, 0.4) is 0 Å². The standard InChI is InChI=1S/C11H15F3N2OS/c12-11(13,14)9-5-15-16(6-9)7-10(8-18)1-3-17-4-2-10/h5-6,18H,1-4,7-8H2. The summed E-state index contributed by atoms with van der Waals surface area (Å²) in [6.07, 6.45) is -0.802. The summed E-state index contributed by atoms with van der Waals surface area (Å²) < 4.78 is 44.1. The van der Waals surface area contributed by atoms with E-state index in [1.165, 1.54) is 4.68 Å². The SMILES string of the molecule is FC(F)(F)c1cnn(CC2(CS)CCOCC2)c1. The van der Waals surface area contributed by atoms with Gasteiger partial charge in [0.15, 0.2) is 0 Å². The number of halogens is 3. The Kier molecular flexibility index (Phi) is 3.91. The maximum absolute atomic E-state index is 12.5. The van der Waals surface area contributed by atoms with Crippen molar-refractivity contribution in [3.8, 4) is 0 Å². The van der Waals surface area contributed by atoms with Crippen molar-refractivity contribution in [2.45, 2.75) is 25.6 Å². The fraction of sp³-hybridized carbons (Fsp3) is 0.727. The van der Waals surface area contributed by atoms with Gasteiger partial charge in [-0.3, -0.25) is 4.68 Å². The topological polar surface area (TPSA) is 27.1 Å². The van der Waals surface area contributed by atoms with Gasteiger partial charge in [-0.05, 0) is 18.6 Å². The van der Waals surface area contributed by atoms with Gasteiger partial charge in [0.2, 0.25) is 0 Å². The van der Waals surface area contributed by atoms with E-state index >= 15 is 0 Å². The molecule has 2 rings (SSSR count). The summed E-state index contributed by atoms with van der Waals surface area (Å²) in [5, 5.41) is 3.79. The van der Waals surface area contributed by atoms with Gasteiger partial charge in [0, 0.05) is 31.4 Å². The van der Waals surface area contributed by atoms with Crippen LogP contribution in [0.5, 0.6) is 0 Å². The molecule has 0 bridgehead atoms. The molecule has 1 aliphatic heterocycles. The zero-order valence-electron chi connectivity index (χ0n) is 9.78. The lowest BCUT2D eigenvalue weighted by Crippen LogP contribution is -2.35. The number of aromatic nitrogens is 2. The van der Waals surface area contributed by atoms with E-state index in [4.69, 9.17) is 4.74 Å². The van der Waals surface area contributed by atoms with E-state index in [-0.39, 0.29) is 5.41 Å². The van der Waals surface area contributed by atoms with Crippen LogP contribution in [-0.4, -0.2) is 28.7 Å². The molecule has 0 radical (unpaired) electrons. The third kappa shape index (κ3) is 3.00. The second kappa shape index (κ2) is 5.13. The number of ether oxygens (including phenoxy) is 1. The van der Waals surface area contributed by atoms with Gasteiger partial charge in [-0.25, -0.2) is 0 Å². The van der Waals surface area contributed by atoms with Crippen LogP contribution >= 0.6 is 12.6 Å². The number of thiol groups is 1. The quantitative estimate of drug-likeness (QED) is 0.862. The second-order valence-electron chi connectivity index (χ2n) is 4.69. The Balaban J connectivity index is 2.10. The highest BCUT2D eigenvalue weighted by atomic mass is 32.1. The Hall–Kier alpha value is -0.690. The number of hydrogen-bond donors (Lipinski definition) is 1. The average Bonchev–Trinajstić information content (AvgIpc) is 2.78. The maximum atomic E-state index is 12.5. The Labute approximate surface area is 109 Å². The van der Waals surface area contributed by atoms with Crippen molar-refractivity contribution in [3.63, 3.8) is 0 Å². The molecule has 0 N–H and O–H groups in total. The summed E-state index contributed by atoms with van der Waals surface area (Å²) in [6, 6.07) is 0. The summed E-state index contributed by atoms with van der Waals surface area (Å²) in [7, 11) is 0. The third-order valence-corrected chi connectivity index (χ3v) is 4.02. The Morgan fingerprint density at radius 3 is 2.56 bits per heavy atom. The zero-order valence-corrected chi connectivity index (χ0v) is 10.7. The van der Waals surface area contributed by atoms with E-state index in [2.05, 4.69) is 17.7 Å². The van der Waals surface area contributed by atoms with E-state index in [1.54, 1.807) is 0 Å². The van der Waals surface area contributed by atoms with E-state index in [0.29, 0.717) is 25.5 Å². The third-order valence-electron chi connectivity index (χ3n) is 3.35. The summed E-state index contributed by atoms with van der Waals surface area (Å²) in [5.41, 5.74) is -0.820. The van der Waals surface area contributed by atoms with E-state index in [0.717, 1.165) is 25.2 Å². The lowest BCUT2D eigenvalue weighted by molar-refractivity contribution is -0.137. The van der Waals surface area contributed by atoms with Gasteiger partial charge in [-0.2, -0.15) is 30.9 Å². The summed E-state index contributed by atoms with van der Waals surface area (Å²) in [5.74, 6) is 0.623. The van der Waals surface area contributed by atoms with E-state index < -0.39 is 11.7 Å². The first kappa shape index (κ1) is 13.7. The second-order valence-corrected chi connectivity index (χ2v) is 5.01. The van der Waals surface area contributed by atoms with Crippen LogP contribution < -0.4 is 0 Å². The largest absolute Gasteiger partial charge is 0.419 e. The number of hydrogen-bond acceptors (Lipinski definition) is 3. The van der Waals surface area contributed by atoms with Gasteiger partial charge in [-0.15, -0.1) is 0 Å². The molecule has 2 heterocycles. The van der Waals surface area contributed by atoms with Gasteiger partial charge in [0.1, 0.15) is 0 Å². The Bertz CT molecular complexity index is 399. The number of nitrogens with zero attached hydrogens (tertiary/aromatic N) is 2. The minimum atomic E-state index is -4.33. The summed E-state index contributed by atoms with van der Waals surface area (Å²) >= 11 is 4.32. The number of alkyl halides is 3. The summed E-state index contributed by atoms with van der Waals surface area (Å²) in [4.78, 5) is 0. The molecule has 0 spiro atoms. The van der Waals surface area contributed by atoms with Gasteiger partial charge >= 0.3 is 6.18 Å². The van der Waals surface area contributed by atoms with Gasteiger partial charge in [-0.1, -0.05) is 0 Å². The van der Waals surface area contributed by atoms with Crippen molar-refractivity contribution >= 4 is 12.6 Å². The average molecular weight is 280 g/mol. The molecule has 1 saturated heterocycles. The van der Waals surface area contributed by atoms with Crippen LogP contribution in [0.1, 0.15) is 18.4 Å². The molecule has 0 aromatic carbocycles. The smallest absolute Gasteiger partial charge is 0.381 e. The summed E-state index contributed by atoms with van der Waals surface area (Å²) in [6.45, 7) is 1.72. The molecule has 0 atom stereocenters. The van der Waals surface area contributed by atoms with E-state index in [9.17, 15) is 13.2 Å². The lowest BCUT2D eigenvalue weighted by Gasteiger charge is -2.35. The lowest BCUT2D eigenvalue weighted by atomic mass is 9.82. The highest BCUT2D eigenvalue weighted by Crippen LogP contribution is 2.34. The van der Waals surface area contributed by atoms with Crippen molar-refractivity contribution in [2.24, 2.45) is 5.41 Å². The molecule has 1 aliphatic rings. The molecule has 3 nitrogen and oxygen atoms in total. The molecule has 1 aromatic rings. The van der Waals surface area contributed by atoms with Crippen molar-refractivity contribution in [1.82, 2.24) is 9.78 Å². The van der Waals surface area contributed by atoms with Crippen LogP contribution in [-0.2, 0) is 17.5 Å². The normalized spacial score (nSPS) is 20.0. The highest BCUT2D eigenvalue weighted by molar-refractivity contribution is 7.80. The van der Waals surface area contributed by atoms with Crippen molar-refractivity contribution in [1.29, 1.82) is 0 Å². The minimum absolute atomic E-state index is 0.115. The first-order valence-electron chi connectivity index (χ1n) is 5.73. The fourth-order valence-corrected chi connectivity index (χ4v) is 2.53. The Morgan fingerprint density at radius 1 is 1.39 bits per heavy atom. The molecular weight excluding hydrogens is 265 g/mol. The maximum Gasteiger partial charge on any atom is 0.419 e. The van der Waals surface area contributed by atoms with Crippen molar-refractivity contribution < 1.29 is 17.9 Å². The van der Waals surface area contributed by atoms with Crippen LogP contribution in [0.25, 0.3) is 0 Å². The first-order valence-corrected chi connectivity index (χ1v) is 6.37. The highest BCUT2D eigenvalue weighted by Gasteiger charge is 2.35. The van der Waals surface area contributed by atoms with Crippen molar-refractivity contribution in [3.05, 3.63) is 18.0 Å². The zero-order chi connectivity index (χ0) is 13.2. The van der Waals surface area contributed by atoms with Gasteiger partial charge < -0.3 is 4.74 Å². The van der Waals surface area contributed by atoms with E-state index in [1.807, 2.05) is 0 Å². The molecule has 0 aliphatic carbocycles. The predicted octanol–water partition coefficient (Wildman–Crippen LogP) is 2.63. The van der Waals surface area contributed by atoms with Crippen molar-refractivity contribution in [2.75, 3.05) is 19.0 Å². The molecule has 102 valence electrons. The minimum Gasteiger partial charge on any atom is -0.381 e. The van der Waals surface area contributed by atoms with Crippen LogP contribution in [0.15, 0.2) is 12.4 Å².